The summed E-state index contributed by atoms with van der Waals surface area (Å²) in [7, 11) is 0. The third-order valence-electron chi connectivity index (χ3n) is 6.91. The average molecular weight is 469 g/mol. The molecule has 2 amide bonds. The molecule has 0 saturated heterocycles. The Morgan fingerprint density at radius 3 is 2.00 bits per heavy atom. The van der Waals surface area contributed by atoms with Crippen molar-refractivity contribution >= 4 is 18.0 Å². The zero-order chi connectivity index (χ0) is 25.1. The van der Waals surface area contributed by atoms with E-state index in [0.29, 0.717) is 0 Å². The molecular formula is C26H32N2O6. The van der Waals surface area contributed by atoms with Crippen LogP contribution in [-0.2, 0) is 14.3 Å². The van der Waals surface area contributed by atoms with Gasteiger partial charge in [-0.05, 0) is 49.9 Å². The van der Waals surface area contributed by atoms with Gasteiger partial charge in [0, 0.05) is 18.9 Å². The molecule has 8 nitrogen and oxygen atoms in total. The first-order valence-corrected chi connectivity index (χ1v) is 11.3. The number of aliphatic hydroxyl groups is 1. The Kier molecular flexibility index (Phi) is 7.31. The highest BCUT2D eigenvalue weighted by Gasteiger charge is 2.45. The van der Waals surface area contributed by atoms with Gasteiger partial charge in [0.05, 0.1) is 11.0 Å². The molecule has 2 aromatic carbocycles. The van der Waals surface area contributed by atoms with Crippen molar-refractivity contribution in [3.05, 3.63) is 59.7 Å². The molecule has 0 bridgehead atoms. The number of carbonyl (C=O) groups excluding carboxylic acids is 2. The molecule has 0 spiro atoms. The normalized spacial score (nSPS) is 14.0. The zero-order valence-electron chi connectivity index (χ0n) is 19.9. The second-order valence-corrected chi connectivity index (χ2v) is 9.58. The first kappa shape index (κ1) is 25.2. The fourth-order valence-corrected chi connectivity index (χ4v) is 4.05. The van der Waals surface area contributed by atoms with Gasteiger partial charge in [-0.25, -0.2) is 9.59 Å². The van der Waals surface area contributed by atoms with E-state index in [0.717, 1.165) is 22.3 Å². The largest absolute Gasteiger partial charge is 0.480 e. The van der Waals surface area contributed by atoms with E-state index < -0.39 is 35.0 Å². The standard InChI is InChI=1S/C26H32N2O6/c1-25(2,23(32)27-21(13-14-29)22(30)31)26(3,4)28-24(33)34-15-20-18-11-7-5-9-16(18)17-10-6-8-12-19(17)20/h5-12,20-21,29H,13-15H2,1-4H3,(H,27,32)(H,28,33)(H,30,31)/t21-/m1/s1. The number of carboxylic acids is 1. The first-order chi connectivity index (χ1) is 16.0. The van der Waals surface area contributed by atoms with Gasteiger partial charge in [0.2, 0.25) is 5.91 Å². The van der Waals surface area contributed by atoms with Crippen LogP contribution >= 0.6 is 0 Å². The van der Waals surface area contributed by atoms with Crippen molar-refractivity contribution < 1.29 is 29.3 Å². The number of benzene rings is 2. The summed E-state index contributed by atoms with van der Waals surface area (Å²) in [5, 5.41) is 23.5. The third kappa shape index (κ3) is 4.92. The Hall–Kier alpha value is -3.39. The highest BCUT2D eigenvalue weighted by atomic mass is 16.5. The molecule has 182 valence electrons. The van der Waals surface area contributed by atoms with Gasteiger partial charge in [0.25, 0.3) is 0 Å². The maximum atomic E-state index is 12.9. The van der Waals surface area contributed by atoms with E-state index in [1.807, 2.05) is 36.4 Å². The van der Waals surface area contributed by atoms with Gasteiger partial charge in [-0.2, -0.15) is 0 Å². The van der Waals surface area contributed by atoms with Crippen LogP contribution < -0.4 is 10.6 Å². The number of hydrogen-bond donors (Lipinski definition) is 4. The van der Waals surface area contributed by atoms with Crippen LogP contribution in [0.4, 0.5) is 4.79 Å². The number of carbonyl (C=O) groups is 3. The summed E-state index contributed by atoms with van der Waals surface area (Å²) < 4.78 is 5.60. The number of alkyl carbamates (subject to hydrolysis) is 1. The average Bonchev–Trinajstić information content (AvgIpc) is 3.10. The number of rotatable bonds is 9. The fourth-order valence-electron chi connectivity index (χ4n) is 4.05. The number of nitrogens with one attached hydrogen (secondary N) is 2. The monoisotopic (exact) mass is 468 g/mol. The molecule has 2 aromatic rings. The van der Waals surface area contributed by atoms with E-state index in [9.17, 15) is 19.5 Å². The fraction of sp³-hybridized carbons (Fsp3) is 0.423. The van der Waals surface area contributed by atoms with E-state index in [-0.39, 0.29) is 25.6 Å². The van der Waals surface area contributed by atoms with Crippen molar-refractivity contribution in [3.8, 4) is 11.1 Å². The highest BCUT2D eigenvalue weighted by molar-refractivity contribution is 5.88. The quantitative estimate of drug-likeness (QED) is 0.448. The lowest BCUT2D eigenvalue weighted by atomic mass is 9.73. The molecule has 3 rings (SSSR count). The first-order valence-electron chi connectivity index (χ1n) is 11.3. The van der Waals surface area contributed by atoms with Crippen LogP contribution in [0.2, 0.25) is 0 Å². The molecule has 0 aliphatic heterocycles. The number of carboxylic acid groups (broad SMARTS) is 1. The number of aliphatic carboxylic acids is 1. The molecular weight excluding hydrogens is 436 g/mol. The van der Waals surface area contributed by atoms with E-state index in [1.54, 1.807) is 27.7 Å². The lowest BCUT2D eigenvalue weighted by Crippen LogP contribution is -2.61. The second-order valence-electron chi connectivity index (χ2n) is 9.58. The smallest absolute Gasteiger partial charge is 0.407 e. The Bertz CT molecular complexity index is 1030. The van der Waals surface area contributed by atoms with E-state index in [1.165, 1.54) is 0 Å². The van der Waals surface area contributed by atoms with Crippen LogP contribution in [0.1, 0.15) is 51.2 Å². The molecule has 34 heavy (non-hydrogen) atoms. The van der Waals surface area contributed by atoms with Crippen molar-refractivity contribution in [2.24, 2.45) is 5.41 Å². The summed E-state index contributed by atoms with van der Waals surface area (Å²) in [5.41, 5.74) is 2.20. The van der Waals surface area contributed by atoms with Crippen LogP contribution in [0.3, 0.4) is 0 Å². The van der Waals surface area contributed by atoms with E-state index >= 15 is 0 Å². The topological polar surface area (TPSA) is 125 Å². The van der Waals surface area contributed by atoms with Gasteiger partial charge in [0.1, 0.15) is 12.6 Å². The molecule has 0 heterocycles. The van der Waals surface area contributed by atoms with Gasteiger partial charge in [0.15, 0.2) is 0 Å². The summed E-state index contributed by atoms with van der Waals surface area (Å²) in [5.74, 6) is -1.88. The highest BCUT2D eigenvalue weighted by Crippen LogP contribution is 2.44. The molecule has 0 aromatic heterocycles. The lowest BCUT2D eigenvalue weighted by molar-refractivity contribution is -0.145. The number of aliphatic hydroxyl groups excluding tert-OH is 1. The van der Waals surface area contributed by atoms with Crippen molar-refractivity contribution in [1.29, 1.82) is 0 Å². The number of ether oxygens (including phenoxy) is 1. The molecule has 8 heteroatoms. The van der Waals surface area contributed by atoms with Gasteiger partial charge < -0.3 is 25.6 Å². The summed E-state index contributed by atoms with van der Waals surface area (Å²) in [6.07, 6.45) is -0.782. The van der Waals surface area contributed by atoms with Crippen molar-refractivity contribution in [2.45, 2.75) is 51.6 Å². The molecule has 0 radical (unpaired) electrons. The predicted molar refractivity (Wildman–Crippen MR) is 127 cm³/mol. The Balaban J connectivity index is 1.67. The van der Waals surface area contributed by atoms with E-state index in [2.05, 4.69) is 22.8 Å². The molecule has 0 fully saturated rings. The van der Waals surface area contributed by atoms with Crippen LogP contribution in [-0.4, -0.2) is 53.0 Å². The minimum atomic E-state index is -1.24. The maximum Gasteiger partial charge on any atom is 0.407 e. The minimum Gasteiger partial charge on any atom is -0.480 e. The zero-order valence-corrected chi connectivity index (χ0v) is 19.9. The SMILES string of the molecule is CC(C)(NC(=O)OCC1c2ccccc2-c2ccccc21)C(C)(C)C(=O)N[C@H](CCO)C(=O)O. The molecule has 1 atom stereocenters. The lowest BCUT2D eigenvalue weighted by Gasteiger charge is -2.41. The minimum absolute atomic E-state index is 0.0904. The molecule has 0 unspecified atom stereocenters. The summed E-state index contributed by atoms with van der Waals surface area (Å²) in [6, 6.07) is 14.8. The predicted octanol–water partition coefficient (Wildman–Crippen LogP) is 3.28. The van der Waals surface area contributed by atoms with Crippen LogP contribution in [0.25, 0.3) is 11.1 Å². The Labute approximate surface area is 199 Å². The van der Waals surface area contributed by atoms with Crippen molar-refractivity contribution in [2.75, 3.05) is 13.2 Å². The maximum absolute atomic E-state index is 12.9. The summed E-state index contributed by atoms with van der Waals surface area (Å²) in [4.78, 5) is 37.0. The number of fused-ring (bicyclic) bond motifs is 3. The van der Waals surface area contributed by atoms with Crippen LogP contribution in [0.5, 0.6) is 0 Å². The van der Waals surface area contributed by atoms with E-state index in [4.69, 9.17) is 9.84 Å². The van der Waals surface area contributed by atoms with Crippen molar-refractivity contribution in [3.63, 3.8) is 0 Å². The molecule has 4 N–H and O–H groups in total. The molecule has 1 aliphatic rings. The Morgan fingerprint density at radius 2 is 1.50 bits per heavy atom. The van der Waals surface area contributed by atoms with Crippen LogP contribution in [0, 0.1) is 5.41 Å². The number of hydrogen-bond acceptors (Lipinski definition) is 5. The third-order valence-corrected chi connectivity index (χ3v) is 6.91. The van der Waals surface area contributed by atoms with Gasteiger partial charge >= 0.3 is 12.1 Å². The van der Waals surface area contributed by atoms with Gasteiger partial charge in [-0.15, -0.1) is 0 Å². The molecule has 1 aliphatic carbocycles. The second kappa shape index (κ2) is 9.85. The summed E-state index contributed by atoms with van der Waals surface area (Å²) >= 11 is 0. The molecule has 0 saturated carbocycles. The summed E-state index contributed by atoms with van der Waals surface area (Å²) in [6.45, 7) is 6.35. The number of amides is 2. The van der Waals surface area contributed by atoms with Crippen molar-refractivity contribution in [1.82, 2.24) is 10.6 Å². The van der Waals surface area contributed by atoms with Gasteiger partial charge in [-0.1, -0.05) is 48.5 Å². The Morgan fingerprint density at radius 1 is 0.971 bits per heavy atom. The van der Waals surface area contributed by atoms with Gasteiger partial charge in [-0.3, -0.25) is 4.79 Å². The van der Waals surface area contributed by atoms with Crippen LogP contribution in [0.15, 0.2) is 48.5 Å².